The van der Waals surface area contributed by atoms with Crippen LogP contribution in [0.4, 0.5) is 0 Å². The summed E-state index contributed by atoms with van der Waals surface area (Å²) in [5.41, 5.74) is 10.3. The van der Waals surface area contributed by atoms with E-state index in [9.17, 15) is 28.8 Å². The lowest BCUT2D eigenvalue weighted by atomic mass is 9.92. The summed E-state index contributed by atoms with van der Waals surface area (Å²) in [4.78, 5) is 70.0. The van der Waals surface area contributed by atoms with Crippen molar-refractivity contribution in [1.82, 2.24) is 10.6 Å². The zero-order valence-corrected chi connectivity index (χ0v) is 30.9. The molecule has 302 valence electrons. The molecule has 17 nitrogen and oxygen atoms in total. The normalized spacial score (nSPS) is 12.9. The van der Waals surface area contributed by atoms with Crippen LogP contribution in [0.2, 0.25) is 0 Å². The van der Waals surface area contributed by atoms with Gasteiger partial charge in [-0.2, -0.15) is 0 Å². The van der Waals surface area contributed by atoms with Crippen molar-refractivity contribution in [2.75, 3.05) is 92.4 Å². The number of hydrogen-bond donors (Lipinski definition) is 6. The van der Waals surface area contributed by atoms with E-state index < -0.39 is 36.9 Å². The monoisotopic (exact) mass is 748 g/mol. The van der Waals surface area contributed by atoms with Crippen LogP contribution < -0.4 is 22.1 Å². The number of aliphatic hydroxyl groups is 2. The van der Waals surface area contributed by atoms with Crippen molar-refractivity contribution < 1.29 is 62.7 Å². The summed E-state index contributed by atoms with van der Waals surface area (Å²) in [7, 11) is 0. The molecule has 0 aromatic carbocycles. The van der Waals surface area contributed by atoms with Crippen LogP contribution in [-0.4, -0.2) is 138 Å². The Morgan fingerprint density at radius 3 is 1.37 bits per heavy atom. The van der Waals surface area contributed by atoms with E-state index in [1.54, 1.807) is 6.92 Å². The topological polar surface area (TPSA) is 265 Å². The summed E-state index contributed by atoms with van der Waals surface area (Å²) in [5, 5.41) is 23.8. The largest absolute Gasteiger partial charge is 0.396 e. The molecule has 0 saturated heterocycles. The van der Waals surface area contributed by atoms with Crippen LogP contribution in [0.5, 0.6) is 0 Å². The molecule has 0 aliphatic rings. The van der Waals surface area contributed by atoms with Crippen molar-refractivity contribution in [3.63, 3.8) is 0 Å². The van der Waals surface area contributed by atoms with Crippen LogP contribution in [0.25, 0.3) is 0 Å². The van der Waals surface area contributed by atoms with Crippen LogP contribution in [0.15, 0.2) is 0 Å². The molecule has 4 amide bonds. The molecular weight excluding hydrogens is 684 g/mol. The highest BCUT2D eigenvalue weighted by molar-refractivity contribution is 5.87. The molecule has 0 bridgehead atoms. The number of amides is 4. The van der Waals surface area contributed by atoms with Crippen LogP contribution in [0, 0.1) is 17.8 Å². The van der Waals surface area contributed by atoms with Gasteiger partial charge in [0.15, 0.2) is 0 Å². The number of ketones is 2. The summed E-state index contributed by atoms with van der Waals surface area (Å²) < 4.78 is 27.1. The molecule has 0 aliphatic carbocycles. The van der Waals surface area contributed by atoms with Gasteiger partial charge in [0.05, 0.1) is 91.1 Å². The van der Waals surface area contributed by atoms with Gasteiger partial charge in [-0.25, -0.2) is 0 Å². The summed E-state index contributed by atoms with van der Waals surface area (Å²) in [6, 6.07) is 0. The van der Waals surface area contributed by atoms with Crippen LogP contribution >= 0.6 is 0 Å². The Kier molecular flexibility index (Phi) is 31.8. The van der Waals surface area contributed by atoms with Gasteiger partial charge in [-0.1, -0.05) is 19.8 Å². The van der Waals surface area contributed by atoms with Crippen molar-refractivity contribution in [2.24, 2.45) is 29.2 Å². The lowest BCUT2D eigenvalue weighted by molar-refractivity contribution is -0.130. The summed E-state index contributed by atoms with van der Waals surface area (Å²) in [5.74, 6) is -3.71. The zero-order chi connectivity index (χ0) is 38.8. The van der Waals surface area contributed by atoms with Crippen molar-refractivity contribution in [2.45, 2.75) is 77.6 Å². The van der Waals surface area contributed by atoms with Crippen LogP contribution in [0.1, 0.15) is 77.6 Å². The lowest BCUT2D eigenvalue weighted by Gasteiger charge is -2.14. The number of carbonyl (C=O) groups excluding carboxylic acids is 6. The molecule has 0 rings (SSSR count). The zero-order valence-electron chi connectivity index (χ0n) is 30.9. The molecule has 17 heteroatoms. The number of hydrogen-bond acceptors (Lipinski definition) is 13. The average molecular weight is 749 g/mol. The highest BCUT2D eigenvalue weighted by Gasteiger charge is 2.22. The molecule has 3 atom stereocenters. The fraction of sp³-hybridized carbons (Fsp3) is 0.829. The first-order valence-electron chi connectivity index (χ1n) is 18.3. The second-order valence-corrected chi connectivity index (χ2v) is 12.4. The van der Waals surface area contributed by atoms with E-state index in [4.69, 9.17) is 45.4 Å². The predicted octanol–water partition coefficient (Wildman–Crippen LogP) is -0.445. The van der Waals surface area contributed by atoms with Gasteiger partial charge in [0.1, 0.15) is 11.6 Å². The van der Waals surface area contributed by atoms with Crippen LogP contribution in [-0.2, 0) is 52.5 Å². The molecule has 8 N–H and O–H groups in total. The van der Waals surface area contributed by atoms with Gasteiger partial charge in [-0.3, -0.25) is 28.8 Å². The molecule has 0 aromatic rings. The third-order valence-electron chi connectivity index (χ3n) is 7.99. The highest BCUT2D eigenvalue weighted by atomic mass is 16.6. The lowest BCUT2D eigenvalue weighted by Crippen LogP contribution is -2.30. The van der Waals surface area contributed by atoms with Gasteiger partial charge in [-0.05, 0) is 25.7 Å². The molecule has 52 heavy (non-hydrogen) atoms. The van der Waals surface area contributed by atoms with E-state index in [-0.39, 0.29) is 68.2 Å². The maximum Gasteiger partial charge on any atom is 0.223 e. The summed E-state index contributed by atoms with van der Waals surface area (Å²) >= 11 is 0. The quantitative estimate of drug-likeness (QED) is 0.0438. The van der Waals surface area contributed by atoms with E-state index in [2.05, 4.69) is 10.6 Å². The molecule has 0 spiro atoms. The van der Waals surface area contributed by atoms with E-state index in [1.807, 2.05) is 0 Å². The maximum absolute atomic E-state index is 12.2. The Bertz CT molecular complexity index is 1000. The second-order valence-electron chi connectivity index (χ2n) is 12.4. The molecule has 0 heterocycles. The first-order valence-corrected chi connectivity index (χ1v) is 18.3. The molecule has 0 fully saturated rings. The highest BCUT2D eigenvalue weighted by Crippen LogP contribution is 2.14. The number of ether oxygens (including phenoxy) is 5. The summed E-state index contributed by atoms with van der Waals surface area (Å²) in [6.45, 7) is 5.55. The van der Waals surface area contributed by atoms with E-state index in [0.717, 1.165) is 25.7 Å². The fourth-order valence-corrected chi connectivity index (χ4v) is 4.64. The Hall–Kier alpha value is -3.06. The minimum atomic E-state index is -0.843. The summed E-state index contributed by atoms with van der Waals surface area (Å²) in [6.07, 6.45) is 4.91. The number of primary amides is 2. The van der Waals surface area contributed by atoms with Gasteiger partial charge >= 0.3 is 0 Å². The standard InChI is InChI=1S/C35H64N4O13/c1-27(31(43)24-29(26-41)35(37)47)7-4-6-12-39-33(45)10-14-49-16-18-51-20-22-52-21-19-50-17-15-48-13-9-32(44)38-11-5-2-3-8-30(42)23-28(25-40)34(36)46/h27-29,40-41H,2-26H2,1H3,(H2,36,46)(H2,37,47)(H,38,44)(H,39,45)/t27-,28-,29-/m0/s1. The first-order chi connectivity index (χ1) is 25.0. The van der Waals surface area contributed by atoms with E-state index in [0.29, 0.717) is 85.2 Å². The Morgan fingerprint density at radius 1 is 0.538 bits per heavy atom. The molecule has 0 aliphatic heterocycles. The Balaban J connectivity index is 3.44. The van der Waals surface area contributed by atoms with Crippen LogP contribution in [0.3, 0.4) is 0 Å². The second kappa shape index (κ2) is 33.8. The van der Waals surface area contributed by atoms with E-state index >= 15 is 0 Å². The maximum atomic E-state index is 12.2. The van der Waals surface area contributed by atoms with Gasteiger partial charge in [0, 0.05) is 51.1 Å². The molecule has 0 unspecified atom stereocenters. The van der Waals surface area contributed by atoms with Crippen molar-refractivity contribution in [3.05, 3.63) is 0 Å². The third kappa shape index (κ3) is 29.5. The molecule has 0 saturated carbocycles. The Morgan fingerprint density at radius 2 is 0.942 bits per heavy atom. The van der Waals surface area contributed by atoms with Crippen molar-refractivity contribution >= 4 is 35.2 Å². The number of nitrogens with two attached hydrogens (primary N) is 2. The predicted molar refractivity (Wildman–Crippen MR) is 190 cm³/mol. The molecular formula is C35H64N4O13. The number of unbranched alkanes of at least 4 members (excludes halogenated alkanes) is 3. The Labute approximate surface area is 307 Å². The number of aliphatic hydroxyl groups excluding tert-OH is 2. The number of rotatable bonds is 38. The third-order valence-corrected chi connectivity index (χ3v) is 7.99. The minimum Gasteiger partial charge on any atom is -0.396 e. The van der Waals surface area contributed by atoms with E-state index in [1.165, 1.54) is 0 Å². The van der Waals surface area contributed by atoms with Gasteiger partial charge in [-0.15, -0.1) is 0 Å². The number of nitrogens with one attached hydrogen (secondary N) is 2. The average Bonchev–Trinajstić information content (AvgIpc) is 3.11. The first kappa shape index (κ1) is 48.9. The molecule has 0 radical (unpaired) electrons. The van der Waals surface area contributed by atoms with Gasteiger partial charge < -0.3 is 56.0 Å². The smallest absolute Gasteiger partial charge is 0.223 e. The number of carbonyl (C=O) groups is 6. The van der Waals surface area contributed by atoms with Gasteiger partial charge in [0.25, 0.3) is 0 Å². The fourth-order valence-electron chi connectivity index (χ4n) is 4.64. The minimum absolute atomic E-state index is 0.0426. The van der Waals surface area contributed by atoms with Gasteiger partial charge in [0.2, 0.25) is 23.6 Å². The van der Waals surface area contributed by atoms with Crippen molar-refractivity contribution in [3.8, 4) is 0 Å². The SMILES string of the molecule is C[C@@H](CCCCNC(=O)CCOCCOCCOCCOCCOCCC(=O)NCCCCCC(=O)C[C@@H](CO)C(N)=O)C(=O)C[C@@H](CO)C(N)=O. The molecule has 0 aromatic heterocycles. The van der Waals surface area contributed by atoms with Crippen molar-refractivity contribution in [1.29, 1.82) is 0 Å². The number of Topliss-reactive ketones (excluding diaryl/α,β-unsaturated/α-hetero) is 2.